The highest BCUT2D eigenvalue weighted by atomic mass is 35.5. The van der Waals surface area contributed by atoms with Crippen LogP contribution in [0.5, 0.6) is 0 Å². The standard InChI is InChI=1S/C14H11ClF3N3O3S/c15-9-4-8(14(16,17)18)3-7(5-21-13(23)24)11(9)25-12-10(6-22)19-1-2-20-12/h1-4,21-22H,5-6H2,(H,23,24). The fourth-order valence-corrected chi connectivity index (χ4v) is 3.19. The highest BCUT2D eigenvalue weighted by Gasteiger charge is 2.32. The van der Waals surface area contributed by atoms with Gasteiger partial charge in [-0.2, -0.15) is 13.2 Å². The molecular weight excluding hydrogens is 383 g/mol. The number of alkyl halides is 3. The number of rotatable bonds is 5. The molecule has 3 N–H and O–H groups in total. The van der Waals surface area contributed by atoms with E-state index in [0.717, 1.165) is 23.9 Å². The quantitative estimate of drug-likeness (QED) is 0.719. The monoisotopic (exact) mass is 393 g/mol. The van der Waals surface area contributed by atoms with Gasteiger partial charge in [-0.25, -0.2) is 9.78 Å². The Morgan fingerprint density at radius 3 is 2.56 bits per heavy atom. The van der Waals surface area contributed by atoms with Crippen LogP contribution in [0.2, 0.25) is 5.02 Å². The molecule has 0 fully saturated rings. The zero-order valence-corrected chi connectivity index (χ0v) is 13.9. The van der Waals surface area contributed by atoms with Crippen LogP contribution in [0.4, 0.5) is 18.0 Å². The molecule has 1 heterocycles. The third-order valence-corrected chi connectivity index (χ3v) is 4.59. The van der Waals surface area contributed by atoms with Crippen LogP contribution in [0.1, 0.15) is 16.8 Å². The van der Waals surface area contributed by atoms with Gasteiger partial charge in [-0.05, 0) is 17.7 Å². The van der Waals surface area contributed by atoms with Gasteiger partial charge in [0.1, 0.15) is 5.03 Å². The maximum Gasteiger partial charge on any atom is 0.416 e. The average Bonchev–Trinajstić information content (AvgIpc) is 2.54. The molecule has 1 aromatic carbocycles. The van der Waals surface area contributed by atoms with Crippen molar-refractivity contribution in [1.82, 2.24) is 15.3 Å². The van der Waals surface area contributed by atoms with Crippen LogP contribution in [0.3, 0.4) is 0 Å². The first kappa shape index (κ1) is 19.3. The van der Waals surface area contributed by atoms with Crippen molar-refractivity contribution in [1.29, 1.82) is 0 Å². The summed E-state index contributed by atoms with van der Waals surface area (Å²) in [6.45, 7) is -0.798. The Bertz CT molecular complexity index is 790. The highest BCUT2D eigenvalue weighted by molar-refractivity contribution is 7.99. The van der Waals surface area contributed by atoms with Gasteiger partial charge in [-0.1, -0.05) is 23.4 Å². The Balaban J connectivity index is 2.49. The molecule has 0 aliphatic rings. The summed E-state index contributed by atoms with van der Waals surface area (Å²) >= 11 is 6.89. The van der Waals surface area contributed by atoms with Crippen LogP contribution >= 0.6 is 23.4 Å². The second kappa shape index (κ2) is 7.89. The fraction of sp³-hybridized carbons (Fsp3) is 0.214. The van der Waals surface area contributed by atoms with Crippen molar-refractivity contribution in [2.45, 2.75) is 29.2 Å². The number of carbonyl (C=O) groups is 1. The Labute approximate surface area is 149 Å². The number of nitrogens with zero attached hydrogens (tertiary/aromatic N) is 2. The molecule has 6 nitrogen and oxygen atoms in total. The van der Waals surface area contributed by atoms with Crippen LogP contribution < -0.4 is 5.32 Å². The van der Waals surface area contributed by atoms with E-state index in [4.69, 9.17) is 16.7 Å². The first-order valence-corrected chi connectivity index (χ1v) is 7.86. The van der Waals surface area contributed by atoms with E-state index in [-0.39, 0.29) is 32.7 Å². The van der Waals surface area contributed by atoms with E-state index in [9.17, 15) is 23.1 Å². The van der Waals surface area contributed by atoms with Crippen molar-refractivity contribution in [3.8, 4) is 0 Å². The van der Waals surface area contributed by atoms with Gasteiger partial charge in [-0.3, -0.25) is 4.98 Å². The molecule has 11 heteroatoms. The number of hydrogen-bond acceptors (Lipinski definition) is 5. The molecule has 0 spiro atoms. The van der Waals surface area contributed by atoms with Gasteiger partial charge in [0.05, 0.1) is 22.9 Å². The van der Waals surface area contributed by atoms with Crippen molar-refractivity contribution in [2.75, 3.05) is 0 Å². The van der Waals surface area contributed by atoms with Crippen LogP contribution in [0.25, 0.3) is 0 Å². The maximum absolute atomic E-state index is 13.0. The highest BCUT2D eigenvalue weighted by Crippen LogP contribution is 2.40. The molecule has 1 amide bonds. The van der Waals surface area contributed by atoms with Crippen LogP contribution in [0, 0.1) is 0 Å². The van der Waals surface area contributed by atoms with E-state index in [1.165, 1.54) is 12.4 Å². The van der Waals surface area contributed by atoms with E-state index in [2.05, 4.69) is 9.97 Å². The molecular formula is C14H11ClF3N3O3S. The molecule has 2 aromatic rings. The predicted octanol–water partition coefficient (Wildman–Crippen LogP) is 3.56. The number of hydrogen-bond donors (Lipinski definition) is 3. The van der Waals surface area contributed by atoms with E-state index in [1.54, 1.807) is 0 Å². The van der Waals surface area contributed by atoms with Gasteiger partial charge in [-0.15, -0.1) is 0 Å². The summed E-state index contributed by atoms with van der Waals surface area (Å²) in [7, 11) is 0. The first-order valence-electron chi connectivity index (χ1n) is 6.67. The minimum atomic E-state index is -4.63. The lowest BCUT2D eigenvalue weighted by atomic mass is 10.1. The van der Waals surface area contributed by atoms with Crippen molar-refractivity contribution in [2.24, 2.45) is 0 Å². The van der Waals surface area contributed by atoms with E-state index >= 15 is 0 Å². The predicted molar refractivity (Wildman–Crippen MR) is 83.4 cm³/mol. The molecule has 0 saturated heterocycles. The summed E-state index contributed by atoms with van der Waals surface area (Å²) in [5.41, 5.74) is -0.743. The summed E-state index contributed by atoms with van der Waals surface area (Å²) < 4.78 is 38.9. The fourth-order valence-electron chi connectivity index (χ4n) is 1.87. The summed E-state index contributed by atoms with van der Waals surface area (Å²) in [6, 6.07) is 1.57. The zero-order valence-electron chi connectivity index (χ0n) is 12.3. The number of carboxylic acid groups (broad SMARTS) is 1. The Morgan fingerprint density at radius 1 is 1.28 bits per heavy atom. The van der Waals surface area contributed by atoms with Crippen LogP contribution in [-0.4, -0.2) is 26.3 Å². The molecule has 0 atom stereocenters. The average molecular weight is 394 g/mol. The molecule has 0 saturated carbocycles. The minimum Gasteiger partial charge on any atom is -0.465 e. The number of aliphatic hydroxyl groups excluding tert-OH is 1. The summed E-state index contributed by atoms with van der Waals surface area (Å²) in [6.07, 6.45) is -3.31. The van der Waals surface area contributed by atoms with Crippen molar-refractivity contribution >= 4 is 29.5 Å². The van der Waals surface area contributed by atoms with Gasteiger partial charge in [0.15, 0.2) is 0 Å². The van der Waals surface area contributed by atoms with Crippen LogP contribution in [-0.2, 0) is 19.3 Å². The summed E-state index contributed by atoms with van der Waals surface area (Å²) in [5, 5.41) is 20.0. The SMILES string of the molecule is O=C(O)NCc1cc(C(F)(F)F)cc(Cl)c1Sc1nccnc1CO. The smallest absolute Gasteiger partial charge is 0.416 e. The lowest BCUT2D eigenvalue weighted by Crippen LogP contribution is -2.21. The molecule has 2 rings (SSSR count). The van der Waals surface area contributed by atoms with E-state index in [1.807, 2.05) is 5.32 Å². The first-order chi connectivity index (χ1) is 11.7. The number of nitrogens with one attached hydrogen (secondary N) is 1. The summed E-state index contributed by atoms with van der Waals surface area (Å²) in [5.74, 6) is 0. The molecule has 0 bridgehead atoms. The Hall–Kier alpha value is -2.04. The largest absolute Gasteiger partial charge is 0.465 e. The second-order valence-electron chi connectivity index (χ2n) is 4.67. The lowest BCUT2D eigenvalue weighted by Gasteiger charge is -2.15. The Morgan fingerprint density at radius 2 is 1.96 bits per heavy atom. The number of halogens is 4. The molecule has 134 valence electrons. The van der Waals surface area contributed by atoms with Gasteiger partial charge in [0, 0.05) is 23.8 Å². The van der Waals surface area contributed by atoms with Gasteiger partial charge < -0.3 is 15.5 Å². The van der Waals surface area contributed by atoms with E-state index < -0.39 is 24.4 Å². The minimum absolute atomic E-state index is 0.0294. The topological polar surface area (TPSA) is 95.3 Å². The third kappa shape index (κ3) is 4.97. The van der Waals surface area contributed by atoms with Crippen molar-refractivity contribution < 1.29 is 28.2 Å². The molecule has 0 aliphatic carbocycles. The molecule has 25 heavy (non-hydrogen) atoms. The molecule has 0 unspecified atom stereocenters. The third-order valence-electron chi connectivity index (χ3n) is 2.96. The number of aromatic nitrogens is 2. The van der Waals surface area contributed by atoms with Crippen molar-refractivity contribution in [3.05, 3.63) is 46.4 Å². The number of benzene rings is 1. The zero-order chi connectivity index (χ0) is 18.6. The molecule has 0 radical (unpaired) electrons. The van der Waals surface area contributed by atoms with Gasteiger partial charge >= 0.3 is 12.3 Å². The van der Waals surface area contributed by atoms with Gasteiger partial charge in [0.25, 0.3) is 0 Å². The number of aliphatic hydroxyl groups is 1. The second-order valence-corrected chi connectivity index (χ2v) is 6.08. The number of amides is 1. The normalized spacial score (nSPS) is 11.4. The van der Waals surface area contributed by atoms with Crippen molar-refractivity contribution in [3.63, 3.8) is 0 Å². The Kier molecular flexibility index (Phi) is 6.09. The lowest BCUT2D eigenvalue weighted by molar-refractivity contribution is -0.137. The molecule has 0 aliphatic heterocycles. The van der Waals surface area contributed by atoms with Crippen LogP contribution in [0.15, 0.2) is 34.4 Å². The summed E-state index contributed by atoms with van der Waals surface area (Å²) in [4.78, 5) is 18.8. The molecule has 1 aromatic heterocycles. The van der Waals surface area contributed by atoms with E-state index in [0.29, 0.717) is 0 Å². The van der Waals surface area contributed by atoms with Gasteiger partial charge in [0.2, 0.25) is 0 Å². The maximum atomic E-state index is 13.0.